The molecule has 1 heterocycles. The predicted molar refractivity (Wildman–Crippen MR) is 76.5 cm³/mol. The fraction of sp³-hybridized carbons (Fsp3) is 0.692. The molecule has 1 N–H and O–H groups in total. The molecule has 0 saturated heterocycles. The zero-order chi connectivity index (χ0) is 13.5. The van der Waals surface area contributed by atoms with Crippen LogP contribution in [0.15, 0.2) is 10.7 Å². The molecule has 1 atom stereocenters. The molecule has 1 aromatic rings. The lowest BCUT2D eigenvalue weighted by Gasteiger charge is -2.14. The first kappa shape index (κ1) is 15.2. The lowest BCUT2D eigenvalue weighted by Crippen LogP contribution is -2.32. The molecule has 5 heteroatoms. The molecule has 1 rings (SSSR count). The summed E-state index contributed by atoms with van der Waals surface area (Å²) in [6.07, 6.45) is 6.40. The predicted octanol–water partition coefficient (Wildman–Crippen LogP) is 3.21. The van der Waals surface area contributed by atoms with Crippen molar-refractivity contribution >= 4 is 21.8 Å². The average molecular weight is 316 g/mol. The molecule has 0 aromatic carbocycles. The first-order chi connectivity index (χ1) is 8.57. The minimum atomic E-state index is -0.262. The third kappa shape index (κ3) is 4.12. The van der Waals surface area contributed by atoms with E-state index in [2.05, 4.69) is 33.3 Å². The molecule has 0 radical (unpaired) electrons. The quantitative estimate of drug-likeness (QED) is 0.785. The van der Waals surface area contributed by atoms with Gasteiger partial charge in [0.15, 0.2) is 0 Å². The van der Waals surface area contributed by atoms with E-state index in [0.717, 1.165) is 23.1 Å². The van der Waals surface area contributed by atoms with Crippen LogP contribution in [0.5, 0.6) is 0 Å². The normalized spacial score (nSPS) is 12.4. The van der Waals surface area contributed by atoms with Gasteiger partial charge in [0.1, 0.15) is 6.04 Å². The molecular weight excluding hydrogens is 294 g/mol. The summed E-state index contributed by atoms with van der Waals surface area (Å²) in [7, 11) is 0. The van der Waals surface area contributed by atoms with Gasteiger partial charge in [0.05, 0.1) is 16.4 Å². The van der Waals surface area contributed by atoms with Gasteiger partial charge in [0.25, 0.3) is 0 Å². The van der Waals surface area contributed by atoms with Crippen molar-refractivity contribution in [3.05, 3.63) is 16.4 Å². The van der Waals surface area contributed by atoms with Crippen LogP contribution in [0.4, 0.5) is 0 Å². The number of hydrogen-bond acceptors (Lipinski definition) is 2. The lowest BCUT2D eigenvalue weighted by molar-refractivity contribution is -0.124. The molecule has 1 amide bonds. The van der Waals surface area contributed by atoms with Crippen LogP contribution >= 0.6 is 15.9 Å². The van der Waals surface area contributed by atoms with Gasteiger partial charge in [-0.3, -0.25) is 9.48 Å². The maximum Gasteiger partial charge on any atom is 0.244 e. The van der Waals surface area contributed by atoms with Gasteiger partial charge in [-0.1, -0.05) is 26.2 Å². The summed E-state index contributed by atoms with van der Waals surface area (Å²) in [5, 5.41) is 7.16. The molecule has 18 heavy (non-hydrogen) atoms. The highest BCUT2D eigenvalue weighted by Crippen LogP contribution is 2.18. The molecule has 0 saturated carbocycles. The van der Waals surface area contributed by atoms with Crippen LogP contribution in [0.2, 0.25) is 0 Å². The van der Waals surface area contributed by atoms with Gasteiger partial charge in [-0.25, -0.2) is 0 Å². The number of unbranched alkanes of at least 4 members (excludes halogenated alkanes) is 3. The Morgan fingerprint density at radius 2 is 2.22 bits per heavy atom. The van der Waals surface area contributed by atoms with E-state index in [9.17, 15) is 4.79 Å². The minimum absolute atomic E-state index is 0.0326. The van der Waals surface area contributed by atoms with Crippen LogP contribution in [-0.4, -0.2) is 22.2 Å². The van der Waals surface area contributed by atoms with Crippen molar-refractivity contribution in [2.75, 3.05) is 6.54 Å². The summed E-state index contributed by atoms with van der Waals surface area (Å²) in [4.78, 5) is 12.0. The first-order valence-corrected chi connectivity index (χ1v) is 7.34. The molecule has 1 aromatic heterocycles. The van der Waals surface area contributed by atoms with E-state index in [-0.39, 0.29) is 11.9 Å². The summed E-state index contributed by atoms with van der Waals surface area (Å²) in [5.41, 5.74) is 0.976. The highest BCUT2D eigenvalue weighted by atomic mass is 79.9. The van der Waals surface area contributed by atoms with Crippen molar-refractivity contribution in [1.82, 2.24) is 15.1 Å². The number of nitrogens with zero attached hydrogens (tertiary/aromatic N) is 2. The van der Waals surface area contributed by atoms with Crippen molar-refractivity contribution in [2.24, 2.45) is 0 Å². The molecule has 0 aliphatic carbocycles. The largest absolute Gasteiger partial charge is 0.354 e. The molecule has 102 valence electrons. The highest BCUT2D eigenvalue weighted by Gasteiger charge is 2.17. The molecular formula is C13H22BrN3O. The second-order valence-electron chi connectivity index (χ2n) is 4.55. The smallest absolute Gasteiger partial charge is 0.244 e. The SMILES string of the molecule is CCCCCCNC(=O)C(C)n1ncc(Br)c1C. The second-order valence-corrected chi connectivity index (χ2v) is 5.40. The average Bonchev–Trinajstić information content (AvgIpc) is 2.69. The number of halogens is 1. The van der Waals surface area contributed by atoms with Gasteiger partial charge in [0.2, 0.25) is 5.91 Å². The van der Waals surface area contributed by atoms with Crippen LogP contribution in [0.3, 0.4) is 0 Å². The van der Waals surface area contributed by atoms with Gasteiger partial charge < -0.3 is 5.32 Å². The van der Waals surface area contributed by atoms with Crippen molar-refractivity contribution in [3.8, 4) is 0 Å². The number of nitrogens with one attached hydrogen (secondary N) is 1. The summed E-state index contributed by atoms with van der Waals surface area (Å²) >= 11 is 3.40. The maximum absolute atomic E-state index is 12.0. The number of rotatable bonds is 7. The van der Waals surface area contributed by atoms with Crippen LogP contribution in [-0.2, 0) is 4.79 Å². The molecule has 4 nitrogen and oxygen atoms in total. The number of amides is 1. The van der Waals surface area contributed by atoms with E-state index in [0.29, 0.717) is 0 Å². The van der Waals surface area contributed by atoms with Crippen molar-refractivity contribution in [3.63, 3.8) is 0 Å². The number of aromatic nitrogens is 2. The van der Waals surface area contributed by atoms with Crippen LogP contribution in [0, 0.1) is 6.92 Å². The topological polar surface area (TPSA) is 46.9 Å². The summed E-state index contributed by atoms with van der Waals surface area (Å²) in [6, 6.07) is -0.262. The van der Waals surface area contributed by atoms with Crippen LogP contribution < -0.4 is 5.32 Å². The first-order valence-electron chi connectivity index (χ1n) is 6.55. The highest BCUT2D eigenvalue weighted by molar-refractivity contribution is 9.10. The summed E-state index contributed by atoms with van der Waals surface area (Å²) in [5.74, 6) is 0.0326. The molecule has 0 bridgehead atoms. The van der Waals surface area contributed by atoms with E-state index < -0.39 is 0 Å². The van der Waals surface area contributed by atoms with Gasteiger partial charge in [-0.2, -0.15) is 5.10 Å². The van der Waals surface area contributed by atoms with Crippen molar-refractivity contribution in [2.45, 2.75) is 52.5 Å². The Kier molecular flexibility index (Phi) is 6.39. The van der Waals surface area contributed by atoms with Crippen LogP contribution in [0.25, 0.3) is 0 Å². The Balaban J connectivity index is 2.40. The van der Waals surface area contributed by atoms with Crippen molar-refractivity contribution in [1.29, 1.82) is 0 Å². The van der Waals surface area contributed by atoms with Gasteiger partial charge in [0, 0.05) is 6.54 Å². The minimum Gasteiger partial charge on any atom is -0.354 e. The molecule has 1 unspecified atom stereocenters. The molecule has 0 aliphatic heterocycles. The Morgan fingerprint density at radius 1 is 1.50 bits per heavy atom. The van der Waals surface area contributed by atoms with Gasteiger partial charge in [-0.15, -0.1) is 0 Å². The molecule has 0 spiro atoms. The third-order valence-electron chi connectivity index (χ3n) is 3.06. The Labute approximate surface area is 117 Å². The maximum atomic E-state index is 12.0. The zero-order valence-corrected chi connectivity index (χ0v) is 13.0. The second kappa shape index (κ2) is 7.56. The Morgan fingerprint density at radius 3 is 2.78 bits per heavy atom. The zero-order valence-electron chi connectivity index (χ0n) is 11.4. The van der Waals surface area contributed by atoms with E-state index in [1.807, 2.05) is 13.8 Å². The van der Waals surface area contributed by atoms with Crippen molar-refractivity contribution < 1.29 is 4.79 Å². The number of hydrogen-bond donors (Lipinski definition) is 1. The molecule has 0 aliphatic rings. The number of carbonyl (C=O) groups excluding carboxylic acids is 1. The Bertz CT molecular complexity index is 390. The van der Waals surface area contributed by atoms with Gasteiger partial charge >= 0.3 is 0 Å². The monoisotopic (exact) mass is 315 g/mol. The fourth-order valence-corrected chi connectivity index (χ4v) is 2.09. The van der Waals surface area contributed by atoms with Gasteiger partial charge in [-0.05, 0) is 36.2 Å². The number of carbonyl (C=O) groups is 1. The fourth-order valence-electron chi connectivity index (χ4n) is 1.81. The lowest BCUT2D eigenvalue weighted by atomic mass is 10.2. The molecule has 0 fully saturated rings. The van der Waals surface area contributed by atoms with E-state index in [1.54, 1.807) is 10.9 Å². The van der Waals surface area contributed by atoms with Crippen LogP contribution in [0.1, 0.15) is 51.3 Å². The summed E-state index contributed by atoms with van der Waals surface area (Å²) in [6.45, 7) is 6.75. The van der Waals surface area contributed by atoms with E-state index in [4.69, 9.17) is 0 Å². The third-order valence-corrected chi connectivity index (χ3v) is 3.84. The summed E-state index contributed by atoms with van der Waals surface area (Å²) < 4.78 is 2.68. The van der Waals surface area contributed by atoms with E-state index in [1.165, 1.54) is 19.3 Å². The Hall–Kier alpha value is -0.840. The standard InChI is InChI=1S/C13H22BrN3O/c1-4-5-6-7-8-15-13(18)11(3)17-10(2)12(14)9-16-17/h9,11H,4-8H2,1-3H3,(H,15,18). The van der Waals surface area contributed by atoms with E-state index >= 15 is 0 Å².